The van der Waals surface area contributed by atoms with E-state index < -0.39 is 20.0 Å². The molecule has 0 spiro atoms. The Morgan fingerprint density at radius 1 is 0.857 bits per heavy atom. The van der Waals surface area contributed by atoms with Crippen molar-refractivity contribution in [2.45, 2.75) is 9.79 Å². The number of rotatable bonds is 7. The van der Waals surface area contributed by atoms with E-state index in [0.717, 1.165) is 10.2 Å². The molecule has 10 heteroatoms. The lowest BCUT2D eigenvalue weighted by Crippen LogP contribution is -2.14. The summed E-state index contributed by atoms with van der Waals surface area (Å²) in [6.45, 7) is 0. The normalized spacial score (nSPS) is 11.8. The highest BCUT2D eigenvalue weighted by molar-refractivity contribution is 7.93. The molecular formula is C18H18N2O6S2. The number of nitrogens with one attached hydrogen (secondary N) is 1. The molecule has 8 nitrogen and oxygen atoms in total. The summed E-state index contributed by atoms with van der Waals surface area (Å²) >= 11 is 0. The Labute approximate surface area is 163 Å². The molecule has 28 heavy (non-hydrogen) atoms. The standard InChI is InChI=1S/C18H18N2O6S2/c1-25-14-8-9-18(26-2)17(12-14)19-27(21,22)16-10-11-20(13-16)28(23,24)15-6-4-3-5-7-15/h3-13,19H,1-2H3. The van der Waals surface area contributed by atoms with Crippen LogP contribution in [0.4, 0.5) is 5.69 Å². The number of hydrogen-bond donors (Lipinski definition) is 1. The van der Waals surface area contributed by atoms with E-state index in [1.54, 1.807) is 30.3 Å². The molecule has 3 aromatic rings. The first kappa shape index (κ1) is 19.8. The number of methoxy groups -OCH3 is 2. The molecule has 0 fully saturated rings. The van der Waals surface area contributed by atoms with Crippen LogP contribution in [0, 0.1) is 0 Å². The lowest BCUT2D eigenvalue weighted by Gasteiger charge is -2.12. The number of aromatic nitrogens is 1. The average molecular weight is 422 g/mol. The molecule has 1 heterocycles. The molecule has 2 aromatic carbocycles. The van der Waals surface area contributed by atoms with E-state index in [4.69, 9.17) is 9.47 Å². The van der Waals surface area contributed by atoms with Crippen molar-refractivity contribution in [3.63, 3.8) is 0 Å². The molecule has 0 amide bonds. The van der Waals surface area contributed by atoms with E-state index in [1.165, 1.54) is 44.7 Å². The maximum Gasteiger partial charge on any atom is 0.267 e. The number of hydrogen-bond acceptors (Lipinski definition) is 6. The van der Waals surface area contributed by atoms with Crippen LogP contribution in [0.5, 0.6) is 11.5 Å². The lowest BCUT2D eigenvalue weighted by molar-refractivity contribution is 0.405. The molecule has 0 bridgehead atoms. The van der Waals surface area contributed by atoms with Crippen LogP contribution >= 0.6 is 0 Å². The molecule has 0 radical (unpaired) electrons. The van der Waals surface area contributed by atoms with Crippen molar-refractivity contribution in [3.05, 3.63) is 67.0 Å². The van der Waals surface area contributed by atoms with Gasteiger partial charge in [-0.2, -0.15) is 0 Å². The van der Waals surface area contributed by atoms with E-state index in [1.807, 2.05) is 0 Å². The van der Waals surface area contributed by atoms with Crippen molar-refractivity contribution >= 4 is 25.7 Å². The van der Waals surface area contributed by atoms with E-state index >= 15 is 0 Å². The Kier molecular flexibility index (Phi) is 5.34. The third-order valence-electron chi connectivity index (χ3n) is 3.92. The quantitative estimate of drug-likeness (QED) is 0.628. The maximum absolute atomic E-state index is 12.7. The number of anilines is 1. The van der Waals surface area contributed by atoms with Gasteiger partial charge in [-0.05, 0) is 30.3 Å². The fraction of sp³-hybridized carbons (Fsp3) is 0.111. The third kappa shape index (κ3) is 3.82. The topological polar surface area (TPSA) is 104 Å². The second kappa shape index (κ2) is 7.56. The predicted molar refractivity (Wildman–Crippen MR) is 104 cm³/mol. The molecule has 0 unspecified atom stereocenters. The summed E-state index contributed by atoms with van der Waals surface area (Å²) in [6, 6.07) is 13.6. The van der Waals surface area contributed by atoms with Crippen LogP contribution in [0.25, 0.3) is 0 Å². The molecular weight excluding hydrogens is 404 g/mol. The molecule has 3 rings (SSSR count). The first-order chi connectivity index (χ1) is 13.3. The summed E-state index contributed by atoms with van der Waals surface area (Å²) < 4.78 is 64.2. The second-order valence-electron chi connectivity index (χ2n) is 5.67. The lowest BCUT2D eigenvalue weighted by atomic mass is 10.3. The van der Waals surface area contributed by atoms with Crippen molar-refractivity contribution in [1.29, 1.82) is 0 Å². The zero-order valence-electron chi connectivity index (χ0n) is 15.1. The zero-order chi connectivity index (χ0) is 20.4. The first-order valence-corrected chi connectivity index (χ1v) is 10.9. The minimum Gasteiger partial charge on any atom is -0.497 e. The van der Waals surface area contributed by atoms with Gasteiger partial charge < -0.3 is 9.47 Å². The van der Waals surface area contributed by atoms with E-state index in [2.05, 4.69) is 4.72 Å². The molecule has 1 N–H and O–H groups in total. The molecule has 0 aliphatic heterocycles. The third-order valence-corrected chi connectivity index (χ3v) is 6.92. The van der Waals surface area contributed by atoms with Crippen LogP contribution in [0.1, 0.15) is 0 Å². The molecule has 0 atom stereocenters. The van der Waals surface area contributed by atoms with Gasteiger partial charge in [0.1, 0.15) is 16.4 Å². The highest BCUT2D eigenvalue weighted by Crippen LogP contribution is 2.31. The van der Waals surface area contributed by atoms with Crippen molar-refractivity contribution < 1.29 is 26.3 Å². The van der Waals surface area contributed by atoms with Gasteiger partial charge in [0, 0.05) is 18.5 Å². The molecule has 0 saturated heterocycles. The monoisotopic (exact) mass is 422 g/mol. The molecule has 0 saturated carbocycles. The summed E-state index contributed by atoms with van der Waals surface area (Å²) in [5, 5.41) is 0. The van der Waals surface area contributed by atoms with Crippen LogP contribution in [-0.4, -0.2) is 35.0 Å². The fourth-order valence-corrected chi connectivity index (χ4v) is 4.82. The van der Waals surface area contributed by atoms with Gasteiger partial charge >= 0.3 is 0 Å². The number of sulfonamides is 1. The molecule has 1 aromatic heterocycles. The Morgan fingerprint density at radius 2 is 1.57 bits per heavy atom. The smallest absolute Gasteiger partial charge is 0.267 e. The van der Waals surface area contributed by atoms with Gasteiger partial charge in [0.05, 0.1) is 24.8 Å². The van der Waals surface area contributed by atoms with E-state index in [-0.39, 0.29) is 15.5 Å². The van der Waals surface area contributed by atoms with Crippen LogP contribution < -0.4 is 14.2 Å². The average Bonchev–Trinajstić information content (AvgIpc) is 3.20. The zero-order valence-corrected chi connectivity index (χ0v) is 16.7. The number of benzene rings is 2. The fourth-order valence-electron chi connectivity index (χ4n) is 2.48. The summed E-state index contributed by atoms with van der Waals surface area (Å²) in [4.78, 5) is -0.158. The second-order valence-corrected chi connectivity index (χ2v) is 9.19. The molecule has 148 valence electrons. The Hall–Kier alpha value is -2.98. The van der Waals surface area contributed by atoms with Gasteiger partial charge in [0.25, 0.3) is 20.0 Å². The van der Waals surface area contributed by atoms with Gasteiger partial charge in [-0.15, -0.1) is 0 Å². The maximum atomic E-state index is 12.7. The van der Waals surface area contributed by atoms with Crippen LogP contribution in [0.15, 0.2) is 76.8 Å². The van der Waals surface area contributed by atoms with Crippen LogP contribution in [0.3, 0.4) is 0 Å². The summed E-state index contributed by atoms with van der Waals surface area (Å²) in [6.07, 6.45) is 2.22. The van der Waals surface area contributed by atoms with Gasteiger partial charge in [-0.3, -0.25) is 4.72 Å². The van der Waals surface area contributed by atoms with Gasteiger partial charge in [-0.1, -0.05) is 18.2 Å². The predicted octanol–water partition coefficient (Wildman–Crippen LogP) is 2.54. The van der Waals surface area contributed by atoms with Crippen molar-refractivity contribution in [2.24, 2.45) is 0 Å². The summed E-state index contributed by atoms with van der Waals surface area (Å²) in [7, 11) is -5.10. The summed E-state index contributed by atoms with van der Waals surface area (Å²) in [5.41, 5.74) is 0.167. The molecule has 0 aliphatic rings. The van der Waals surface area contributed by atoms with E-state index in [0.29, 0.717) is 11.5 Å². The minimum absolute atomic E-state index is 0.0528. The first-order valence-electron chi connectivity index (χ1n) is 8.01. The van der Waals surface area contributed by atoms with Crippen molar-refractivity contribution in [1.82, 2.24) is 3.97 Å². The van der Waals surface area contributed by atoms with Crippen LogP contribution in [-0.2, 0) is 20.0 Å². The number of ether oxygens (including phenoxy) is 2. The van der Waals surface area contributed by atoms with Gasteiger partial charge in [0.15, 0.2) is 0 Å². The Balaban J connectivity index is 1.95. The van der Waals surface area contributed by atoms with Gasteiger partial charge in [0.2, 0.25) is 0 Å². The minimum atomic E-state index is -4.06. The Morgan fingerprint density at radius 3 is 2.21 bits per heavy atom. The highest BCUT2D eigenvalue weighted by atomic mass is 32.2. The SMILES string of the molecule is COc1ccc(OC)c(NS(=O)(=O)c2ccn(S(=O)(=O)c3ccccc3)c2)c1. The van der Waals surface area contributed by atoms with Gasteiger partial charge in [-0.25, -0.2) is 20.8 Å². The van der Waals surface area contributed by atoms with E-state index in [9.17, 15) is 16.8 Å². The van der Waals surface area contributed by atoms with Crippen LogP contribution in [0.2, 0.25) is 0 Å². The highest BCUT2D eigenvalue weighted by Gasteiger charge is 2.22. The largest absolute Gasteiger partial charge is 0.497 e. The summed E-state index contributed by atoms with van der Waals surface area (Å²) in [5.74, 6) is 0.725. The van der Waals surface area contributed by atoms with Crippen molar-refractivity contribution in [2.75, 3.05) is 18.9 Å². The Bertz CT molecular complexity index is 1190. The van der Waals surface area contributed by atoms with Crippen molar-refractivity contribution in [3.8, 4) is 11.5 Å². The number of nitrogens with zero attached hydrogens (tertiary/aromatic N) is 1. The molecule has 0 aliphatic carbocycles.